The number of nitrogens with zero attached hydrogens (tertiary/aromatic N) is 4. The number of aliphatic imine (C=N–C) groups is 1. The molecule has 152 valence electrons. The Labute approximate surface area is 170 Å². The smallest absolute Gasteiger partial charge is 0.252 e. The van der Waals surface area contributed by atoms with Crippen molar-refractivity contribution in [3.05, 3.63) is 46.2 Å². The first-order valence-corrected chi connectivity index (χ1v) is 10.1. The lowest BCUT2D eigenvalue weighted by molar-refractivity contribution is 0.0954. The number of hydrogen-bond acceptors (Lipinski definition) is 6. The van der Waals surface area contributed by atoms with Crippen molar-refractivity contribution < 1.29 is 9.53 Å². The van der Waals surface area contributed by atoms with E-state index in [0.29, 0.717) is 25.2 Å². The van der Waals surface area contributed by atoms with Gasteiger partial charge in [0.15, 0.2) is 5.96 Å². The van der Waals surface area contributed by atoms with Gasteiger partial charge in [0.25, 0.3) is 5.91 Å². The third-order valence-electron chi connectivity index (χ3n) is 3.95. The molecule has 0 spiro atoms. The Bertz CT molecular complexity index is 765. The van der Waals surface area contributed by atoms with Crippen LogP contribution in [0.2, 0.25) is 0 Å². The van der Waals surface area contributed by atoms with Gasteiger partial charge >= 0.3 is 0 Å². The molecule has 2 aromatic heterocycles. The van der Waals surface area contributed by atoms with Gasteiger partial charge in [-0.3, -0.25) is 14.8 Å². The van der Waals surface area contributed by atoms with Crippen molar-refractivity contribution in [1.82, 2.24) is 25.5 Å². The molecule has 0 radical (unpaired) electrons. The molecule has 2 N–H and O–H groups in total. The van der Waals surface area contributed by atoms with Crippen LogP contribution in [0.25, 0.3) is 0 Å². The van der Waals surface area contributed by atoms with Crippen LogP contribution in [0, 0.1) is 0 Å². The number of rotatable bonds is 9. The average Bonchev–Trinajstić information content (AvgIpc) is 3.18. The summed E-state index contributed by atoms with van der Waals surface area (Å²) in [6.07, 6.45) is 3.18. The number of aromatic nitrogens is 2. The average molecular weight is 405 g/mol. The molecule has 2 heterocycles. The fraction of sp³-hybridized carbons (Fsp3) is 0.474. The van der Waals surface area contributed by atoms with Crippen LogP contribution >= 0.6 is 11.3 Å². The molecule has 8 nitrogen and oxygen atoms in total. The van der Waals surface area contributed by atoms with Gasteiger partial charge in [-0.15, -0.1) is 11.3 Å². The topological polar surface area (TPSA) is 91.7 Å². The lowest BCUT2D eigenvalue weighted by Gasteiger charge is -2.21. The quantitative estimate of drug-likeness (QED) is 0.378. The summed E-state index contributed by atoms with van der Waals surface area (Å²) >= 11 is 1.60. The van der Waals surface area contributed by atoms with E-state index in [-0.39, 0.29) is 12.0 Å². The van der Waals surface area contributed by atoms with Crippen LogP contribution in [0.15, 0.2) is 34.9 Å². The Morgan fingerprint density at radius 1 is 1.43 bits per heavy atom. The number of pyridine rings is 1. The van der Waals surface area contributed by atoms with E-state index in [1.54, 1.807) is 43.0 Å². The number of carbonyl (C=O) groups excluding carboxylic acids is 1. The number of guanidine groups is 1. The summed E-state index contributed by atoms with van der Waals surface area (Å²) in [7, 11) is 3.65. The Morgan fingerprint density at radius 3 is 2.93 bits per heavy atom. The minimum absolute atomic E-state index is 0.00520. The summed E-state index contributed by atoms with van der Waals surface area (Å²) in [5, 5.41) is 9.12. The normalized spacial score (nSPS) is 12.5. The van der Waals surface area contributed by atoms with Gasteiger partial charge in [-0.25, -0.2) is 4.98 Å². The highest BCUT2D eigenvalue weighted by Gasteiger charge is 2.12. The highest BCUT2D eigenvalue weighted by molar-refractivity contribution is 7.09. The minimum atomic E-state index is -0.149. The van der Waals surface area contributed by atoms with E-state index < -0.39 is 0 Å². The first kappa shape index (κ1) is 21.8. The van der Waals surface area contributed by atoms with Crippen molar-refractivity contribution >= 4 is 23.2 Å². The minimum Gasteiger partial charge on any atom is -0.375 e. The molecule has 0 saturated carbocycles. The van der Waals surface area contributed by atoms with Crippen molar-refractivity contribution in [2.75, 3.05) is 33.8 Å². The predicted molar refractivity (Wildman–Crippen MR) is 112 cm³/mol. The molecule has 2 rings (SSSR count). The maximum absolute atomic E-state index is 12.0. The van der Waals surface area contributed by atoms with E-state index in [2.05, 4.69) is 25.6 Å². The lowest BCUT2D eigenvalue weighted by atomic mass is 10.3. The molecule has 0 aromatic carbocycles. The molecule has 1 atom stereocenters. The van der Waals surface area contributed by atoms with Crippen LogP contribution in [0.3, 0.4) is 0 Å². The van der Waals surface area contributed by atoms with Crippen molar-refractivity contribution in [2.45, 2.75) is 26.5 Å². The molecule has 1 amide bonds. The van der Waals surface area contributed by atoms with E-state index in [4.69, 9.17) is 4.74 Å². The van der Waals surface area contributed by atoms with Crippen LogP contribution in [-0.2, 0) is 11.3 Å². The first-order chi connectivity index (χ1) is 13.5. The van der Waals surface area contributed by atoms with Crippen molar-refractivity contribution in [3.8, 4) is 0 Å². The van der Waals surface area contributed by atoms with Crippen LogP contribution < -0.4 is 10.6 Å². The molecule has 0 aliphatic heterocycles. The molecule has 0 aliphatic rings. The largest absolute Gasteiger partial charge is 0.375 e. The third-order valence-corrected chi connectivity index (χ3v) is 5.00. The van der Waals surface area contributed by atoms with Gasteiger partial charge in [0.05, 0.1) is 24.3 Å². The standard InChI is InChI=1S/C19H28N6O2S/c1-5-21-19(23-10-9-22-17(26)15-7-6-8-20-11-15)25(3)12-16-13-28-18(24-16)14(2)27-4/h6-8,11,13-14H,5,9-10,12H2,1-4H3,(H,21,23)(H,22,26). The van der Waals surface area contributed by atoms with Crippen LogP contribution in [0.1, 0.15) is 41.0 Å². The molecule has 9 heteroatoms. The molecule has 0 saturated heterocycles. The van der Waals surface area contributed by atoms with Gasteiger partial charge in [0.1, 0.15) is 11.1 Å². The summed E-state index contributed by atoms with van der Waals surface area (Å²) < 4.78 is 5.32. The SMILES string of the molecule is CCNC(=NCCNC(=O)c1cccnc1)N(C)Cc1csc(C(C)OC)n1. The van der Waals surface area contributed by atoms with E-state index in [9.17, 15) is 4.79 Å². The Balaban J connectivity index is 1.88. The fourth-order valence-electron chi connectivity index (χ4n) is 2.40. The Morgan fingerprint density at radius 2 is 2.25 bits per heavy atom. The van der Waals surface area contributed by atoms with E-state index in [0.717, 1.165) is 23.2 Å². The molecule has 2 aromatic rings. The van der Waals surface area contributed by atoms with E-state index >= 15 is 0 Å². The molecule has 0 aliphatic carbocycles. The highest BCUT2D eigenvalue weighted by Crippen LogP contribution is 2.20. The maximum Gasteiger partial charge on any atom is 0.252 e. The second-order valence-electron chi connectivity index (χ2n) is 6.14. The monoisotopic (exact) mass is 404 g/mol. The highest BCUT2D eigenvalue weighted by atomic mass is 32.1. The van der Waals surface area contributed by atoms with Gasteiger partial charge in [-0.2, -0.15) is 0 Å². The zero-order valence-corrected chi connectivity index (χ0v) is 17.6. The molecule has 0 bridgehead atoms. The first-order valence-electron chi connectivity index (χ1n) is 9.19. The Hall–Kier alpha value is -2.52. The number of nitrogens with one attached hydrogen (secondary N) is 2. The van der Waals surface area contributed by atoms with Gasteiger partial charge in [-0.05, 0) is 26.0 Å². The van der Waals surface area contributed by atoms with E-state index in [1.807, 2.05) is 31.2 Å². The lowest BCUT2D eigenvalue weighted by Crippen LogP contribution is -2.39. The summed E-state index contributed by atoms with van der Waals surface area (Å²) in [5.41, 5.74) is 1.52. The van der Waals surface area contributed by atoms with Gasteiger partial charge in [0, 0.05) is 45.0 Å². The molecular formula is C19H28N6O2S. The predicted octanol–water partition coefficient (Wildman–Crippen LogP) is 2.07. The zero-order valence-electron chi connectivity index (χ0n) is 16.8. The number of thiazole rings is 1. The van der Waals surface area contributed by atoms with Crippen molar-refractivity contribution in [1.29, 1.82) is 0 Å². The zero-order chi connectivity index (χ0) is 20.4. The number of carbonyl (C=O) groups is 1. The Kier molecular flexibility index (Phi) is 8.83. The molecular weight excluding hydrogens is 376 g/mol. The van der Waals surface area contributed by atoms with E-state index in [1.165, 1.54) is 0 Å². The third kappa shape index (κ3) is 6.58. The summed E-state index contributed by atoms with van der Waals surface area (Å²) in [5.74, 6) is 0.622. The number of amides is 1. The van der Waals surface area contributed by atoms with Gasteiger partial charge in [0.2, 0.25) is 0 Å². The molecule has 0 fully saturated rings. The van der Waals surface area contributed by atoms with Crippen LogP contribution in [-0.4, -0.2) is 60.5 Å². The maximum atomic E-state index is 12.0. The summed E-state index contributed by atoms with van der Waals surface area (Å²) in [4.78, 5) is 27.2. The number of hydrogen-bond donors (Lipinski definition) is 2. The van der Waals surface area contributed by atoms with Crippen LogP contribution in [0.4, 0.5) is 0 Å². The number of ether oxygens (including phenoxy) is 1. The fourth-order valence-corrected chi connectivity index (χ4v) is 3.24. The molecule has 28 heavy (non-hydrogen) atoms. The number of methoxy groups -OCH3 is 1. The van der Waals surface area contributed by atoms with Crippen LogP contribution in [0.5, 0.6) is 0 Å². The van der Waals surface area contributed by atoms with Crippen molar-refractivity contribution in [2.24, 2.45) is 4.99 Å². The summed E-state index contributed by atoms with van der Waals surface area (Å²) in [6, 6.07) is 3.47. The van der Waals surface area contributed by atoms with Gasteiger partial charge in [-0.1, -0.05) is 0 Å². The second-order valence-corrected chi connectivity index (χ2v) is 7.03. The van der Waals surface area contributed by atoms with Crippen molar-refractivity contribution in [3.63, 3.8) is 0 Å². The second kappa shape index (κ2) is 11.4. The molecule has 1 unspecified atom stereocenters. The summed E-state index contributed by atoms with van der Waals surface area (Å²) in [6.45, 7) is 6.33. The van der Waals surface area contributed by atoms with Gasteiger partial charge < -0.3 is 20.3 Å².